The third kappa shape index (κ3) is 5.12. The quantitative estimate of drug-likeness (QED) is 0.438. The average Bonchev–Trinajstić information content (AvgIpc) is 3.26. The molecule has 8 heteroatoms. The minimum Gasteiger partial charge on any atom is -0.478 e. The van der Waals surface area contributed by atoms with Crippen LogP contribution in [-0.4, -0.2) is 40.5 Å². The van der Waals surface area contributed by atoms with Gasteiger partial charge in [-0.05, 0) is 6.04 Å². The first-order chi connectivity index (χ1) is 12.8. The highest BCUT2D eigenvalue weighted by Gasteiger charge is 2.20. The molecule has 27 heavy (non-hydrogen) atoms. The van der Waals surface area contributed by atoms with Gasteiger partial charge in [-0.2, -0.15) is 5.10 Å². The molecule has 0 atom stereocenters. The molecular weight excluding hydrogens is 378 g/mol. The Morgan fingerprint density at radius 1 is 1.26 bits per heavy atom. The van der Waals surface area contributed by atoms with Crippen molar-refractivity contribution in [1.82, 2.24) is 14.8 Å². The van der Waals surface area contributed by atoms with Crippen molar-refractivity contribution in [3.8, 4) is 22.0 Å². The van der Waals surface area contributed by atoms with Crippen molar-refractivity contribution in [2.75, 3.05) is 6.61 Å². The third-order valence-electron chi connectivity index (χ3n) is 3.99. The van der Waals surface area contributed by atoms with E-state index in [1.807, 2.05) is 35.7 Å². The predicted octanol–water partition coefficient (Wildman–Crippen LogP) is 4.68. The largest absolute Gasteiger partial charge is 0.478 e. The summed E-state index contributed by atoms with van der Waals surface area (Å²) in [6.07, 6.45) is 1.51. The SMILES string of the molecule is C[Si](C)(C)CCOCn1cc(C(=O)O)c(-c2nc(-c3ccccc3)cs2)n1. The Bertz CT molecular complexity index is 916. The molecule has 0 aliphatic rings. The number of aromatic nitrogens is 3. The summed E-state index contributed by atoms with van der Waals surface area (Å²) in [5.41, 5.74) is 2.32. The topological polar surface area (TPSA) is 77.2 Å². The Kier molecular flexibility index (Phi) is 5.88. The number of benzene rings is 1. The van der Waals surface area contributed by atoms with Crippen LogP contribution >= 0.6 is 11.3 Å². The number of ether oxygens (including phenoxy) is 1. The van der Waals surface area contributed by atoms with E-state index < -0.39 is 14.0 Å². The van der Waals surface area contributed by atoms with Crippen molar-refractivity contribution in [2.24, 2.45) is 0 Å². The highest BCUT2D eigenvalue weighted by atomic mass is 32.1. The molecule has 2 heterocycles. The van der Waals surface area contributed by atoms with Crippen LogP contribution in [-0.2, 0) is 11.5 Å². The van der Waals surface area contributed by atoms with E-state index in [9.17, 15) is 9.90 Å². The first-order valence-electron chi connectivity index (χ1n) is 8.73. The van der Waals surface area contributed by atoms with Crippen LogP contribution in [0.3, 0.4) is 0 Å². The molecule has 0 unspecified atom stereocenters. The first-order valence-corrected chi connectivity index (χ1v) is 13.3. The first kappa shape index (κ1) is 19.5. The molecular formula is C19H23N3O3SSi. The number of carbonyl (C=O) groups is 1. The van der Waals surface area contributed by atoms with Gasteiger partial charge >= 0.3 is 5.97 Å². The lowest BCUT2D eigenvalue weighted by Gasteiger charge is -2.15. The molecule has 0 aliphatic heterocycles. The minimum absolute atomic E-state index is 0.137. The van der Waals surface area contributed by atoms with Gasteiger partial charge in [0.25, 0.3) is 0 Å². The van der Waals surface area contributed by atoms with Gasteiger partial charge in [0.15, 0.2) is 0 Å². The standard InChI is InChI=1S/C19H23N3O3SSi/c1-27(2,3)10-9-25-13-22-11-15(19(23)24)17(21-22)18-20-16(12-26-18)14-7-5-4-6-8-14/h4-8,11-12H,9-10,13H2,1-3H3,(H,23,24). The zero-order valence-corrected chi connectivity index (χ0v) is 17.5. The highest BCUT2D eigenvalue weighted by Crippen LogP contribution is 2.30. The summed E-state index contributed by atoms with van der Waals surface area (Å²) in [5.74, 6) is -1.02. The number of hydrogen-bond acceptors (Lipinski definition) is 5. The van der Waals surface area contributed by atoms with Gasteiger partial charge in [0.1, 0.15) is 23.0 Å². The Morgan fingerprint density at radius 2 is 2.00 bits per heavy atom. The maximum atomic E-state index is 11.6. The van der Waals surface area contributed by atoms with Crippen LogP contribution < -0.4 is 0 Å². The van der Waals surface area contributed by atoms with Crippen LogP contribution in [0, 0.1) is 0 Å². The number of aromatic carboxylic acids is 1. The lowest BCUT2D eigenvalue weighted by atomic mass is 10.2. The van der Waals surface area contributed by atoms with Crippen LogP contribution in [0.4, 0.5) is 0 Å². The van der Waals surface area contributed by atoms with Crippen molar-refractivity contribution >= 4 is 25.4 Å². The number of carboxylic acid groups (broad SMARTS) is 1. The zero-order chi connectivity index (χ0) is 19.4. The molecule has 0 amide bonds. The maximum absolute atomic E-state index is 11.6. The van der Waals surface area contributed by atoms with Gasteiger partial charge in [-0.1, -0.05) is 50.0 Å². The second kappa shape index (κ2) is 8.16. The Labute approximate surface area is 163 Å². The van der Waals surface area contributed by atoms with E-state index in [0.717, 1.165) is 17.3 Å². The summed E-state index contributed by atoms with van der Waals surface area (Å²) in [6.45, 7) is 7.76. The van der Waals surface area contributed by atoms with Crippen molar-refractivity contribution in [3.63, 3.8) is 0 Å². The summed E-state index contributed by atoms with van der Waals surface area (Å²) < 4.78 is 7.21. The molecule has 6 nitrogen and oxygen atoms in total. The Morgan fingerprint density at radius 3 is 2.67 bits per heavy atom. The molecule has 142 valence electrons. The normalized spacial score (nSPS) is 11.7. The summed E-state index contributed by atoms with van der Waals surface area (Å²) in [7, 11) is -1.16. The molecule has 2 aromatic heterocycles. The molecule has 0 spiro atoms. The molecule has 1 N–H and O–H groups in total. The summed E-state index contributed by atoms with van der Waals surface area (Å²) >= 11 is 1.39. The lowest BCUT2D eigenvalue weighted by Crippen LogP contribution is -2.22. The Balaban J connectivity index is 1.78. The van der Waals surface area contributed by atoms with Gasteiger partial charge in [0, 0.05) is 31.8 Å². The van der Waals surface area contributed by atoms with Crippen molar-refractivity contribution < 1.29 is 14.6 Å². The summed E-state index contributed by atoms with van der Waals surface area (Å²) in [6, 6.07) is 10.8. The molecule has 0 fully saturated rings. The molecule has 0 radical (unpaired) electrons. The smallest absolute Gasteiger partial charge is 0.339 e. The second-order valence-electron chi connectivity index (χ2n) is 7.49. The molecule has 1 aromatic carbocycles. The molecule has 0 saturated carbocycles. The number of rotatable bonds is 8. The van der Waals surface area contributed by atoms with E-state index in [-0.39, 0.29) is 12.3 Å². The maximum Gasteiger partial charge on any atom is 0.339 e. The van der Waals surface area contributed by atoms with Gasteiger partial charge in [0.2, 0.25) is 0 Å². The molecule has 0 aliphatic carbocycles. The fraction of sp³-hybridized carbons (Fsp3) is 0.316. The van der Waals surface area contributed by atoms with Gasteiger partial charge in [0.05, 0.1) is 5.69 Å². The zero-order valence-electron chi connectivity index (χ0n) is 15.7. The van der Waals surface area contributed by atoms with Crippen LogP contribution in [0.5, 0.6) is 0 Å². The fourth-order valence-corrected chi connectivity index (χ4v) is 4.04. The van der Waals surface area contributed by atoms with Gasteiger partial charge in [-0.15, -0.1) is 11.3 Å². The molecule has 3 aromatic rings. The number of thiazole rings is 1. The third-order valence-corrected chi connectivity index (χ3v) is 6.54. The van der Waals surface area contributed by atoms with Crippen LogP contribution in [0.25, 0.3) is 22.0 Å². The van der Waals surface area contributed by atoms with E-state index in [1.54, 1.807) is 0 Å². The van der Waals surface area contributed by atoms with Crippen LogP contribution in [0.1, 0.15) is 10.4 Å². The predicted molar refractivity (Wildman–Crippen MR) is 110 cm³/mol. The monoisotopic (exact) mass is 401 g/mol. The summed E-state index contributed by atoms with van der Waals surface area (Å²) in [5, 5.41) is 16.4. The van der Waals surface area contributed by atoms with Crippen molar-refractivity contribution in [2.45, 2.75) is 32.4 Å². The van der Waals surface area contributed by atoms with E-state index in [2.05, 4.69) is 29.7 Å². The van der Waals surface area contributed by atoms with Crippen LogP contribution in [0.15, 0.2) is 41.9 Å². The molecule has 3 rings (SSSR count). The van der Waals surface area contributed by atoms with E-state index in [1.165, 1.54) is 22.2 Å². The van der Waals surface area contributed by atoms with Gasteiger partial charge in [-0.25, -0.2) is 14.5 Å². The van der Waals surface area contributed by atoms with E-state index >= 15 is 0 Å². The van der Waals surface area contributed by atoms with E-state index in [0.29, 0.717) is 17.3 Å². The minimum atomic E-state index is -1.16. The lowest BCUT2D eigenvalue weighted by molar-refractivity contribution is 0.0693. The van der Waals surface area contributed by atoms with Crippen LogP contribution in [0.2, 0.25) is 25.7 Å². The number of nitrogens with zero attached hydrogens (tertiary/aromatic N) is 3. The van der Waals surface area contributed by atoms with Crippen molar-refractivity contribution in [1.29, 1.82) is 0 Å². The van der Waals surface area contributed by atoms with E-state index in [4.69, 9.17) is 4.74 Å². The van der Waals surface area contributed by atoms with Gasteiger partial charge in [-0.3, -0.25) is 0 Å². The highest BCUT2D eigenvalue weighted by molar-refractivity contribution is 7.13. The summed E-state index contributed by atoms with van der Waals surface area (Å²) in [4.78, 5) is 16.2. The average molecular weight is 402 g/mol. The Hall–Kier alpha value is -2.29. The van der Waals surface area contributed by atoms with Gasteiger partial charge < -0.3 is 9.84 Å². The fourth-order valence-electron chi connectivity index (χ4n) is 2.46. The molecule has 0 saturated heterocycles. The molecule has 0 bridgehead atoms. The number of carboxylic acids is 1. The number of hydrogen-bond donors (Lipinski definition) is 1. The second-order valence-corrected chi connectivity index (χ2v) is 14.0. The van der Waals surface area contributed by atoms with Crippen molar-refractivity contribution in [3.05, 3.63) is 47.5 Å².